The third-order valence-electron chi connectivity index (χ3n) is 5.14. The Kier molecular flexibility index (Phi) is 7.78. The summed E-state index contributed by atoms with van der Waals surface area (Å²) in [5.74, 6) is 1.79. The molecule has 0 spiro atoms. The second-order valence-electron chi connectivity index (χ2n) is 7.51. The van der Waals surface area contributed by atoms with Gasteiger partial charge in [-0.3, -0.25) is 9.36 Å². The fourth-order valence-corrected chi connectivity index (χ4v) is 4.95. The predicted octanol–water partition coefficient (Wildman–Crippen LogP) is 3.96. The van der Waals surface area contributed by atoms with Gasteiger partial charge in [-0.05, 0) is 43.4 Å². The highest BCUT2D eigenvalue weighted by molar-refractivity contribution is 7.57. The zero-order chi connectivity index (χ0) is 16.9. The molecule has 1 aliphatic rings. The van der Waals surface area contributed by atoms with Gasteiger partial charge in [-0.1, -0.05) is 20.8 Å². The van der Waals surface area contributed by atoms with Crippen LogP contribution in [0.15, 0.2) is 0 Å². The molecule has 1 aliphatic carbocycles. The first-order valence-electron chi connectivity index (χ1n) is 8.48. The van der Waals surface area contributed by atoms with Crippen molar-refractivity contribution in [1.29, 1.82) is 0 Å². The summed E-state index contributed by atoms with van der Waals surface area (Å²) in [5.41, 5.74) is 0. The van der Waals surface area contributed by atoms with E-state index in [0.717, 1.165) is 31.6 Å². The minimum atomic E-state index is -3.08. The van der Waals surface area contributed by atoms with Crippen LogP contribution in [0.4, 0.5) is 0 Å². The minimum absolute atomic E-state index is 0.0817. The van der Waals surface area contributed by atoms with Crippen molar-refractivity contribution in [3.8, 4) is 0 Å². The molecule has 0 radical (unpaired) electrons. The number of rotatable bonds is 8. The molecule has 0 aromatic rings. The summed E-state index contributed by atoms with van der Waals surface area (Å²) in [6, 6.07) is 0. The number of ketones is 1. The number of hydrogen-bond acceptors (Lipinski definition) is 3. The molecule has 3 atom stereocenters. The summed E-state index contributed by atoms with van der Waals surface area (Å²) < 4.78 is 17.0. The quantitative estimate of drug-likeness (QED) is 0.683. The molecule has 22 heavy (non-hydrogen) atoms. The molecule has 0 heterocycles. The molecule has 0 aliphatic heterocycles. The normalized spacial score (nSPS) is 28.1. The average Bonchev–Trinajstić information content (AvgIpc) is 2.42. The predicted molar refractivity (Wildman–Crippen MR) is 90.5 cm³/mol. The Hall–Kier alpha value is -0.180. The average molecular weight is 332 g/mol. The lowest BCUT2D eigenvalue weighted by Crippen LogP contribution is -2.31. The summed E-state index contributed by atoms with van der Waals surface area (Å²) >= 11 is 0. The van der Waals surface area contributed by atoms with E-state index in [1.54, 1.807) is 7.11 Å². The van der Waals surface area contributed by atoms with Gasteiger partial charge in [0.15, 0.2) is 7.37 Å². The van der Waals surface area contributed by atoms with Gasteiger partial charge in [0.1, 0.15) is 5.78 Å². The molecular formula is C17H33O4P. The zero-order valence-corrected chi connectivity index (χ0v) is 15.6. The van der Waals surface area contributed by atoms with Crippen molar-refractivity contribution in [2.24, 2.45) is 23.7 Å². The molecule has 1 N–H and O–H groups in total. The molecule has 0 aromatic carbocycles. The Balaban J connectivity index is 2.50. The summed E-state index contributed by atoms with van der Waals surface area (Å²) in [6.45, 7) is 7.77. The summed E-state index contributed by atoms with van der Waals surface area (Å²) in [6.07, 6.45) is 4.57. The highest BCUT2D eigenvalue weighted by Crippen LogP contribution is 2.39. The van der Waals surface area contributed by atoms with Crippen LogP contribution in [0.25, 0.3) is 0 Å². The fraction of sp³-hybridized carbons (Fsp3) is 0.941. The van der Waals surface area contributed by atoms with Crippen LogP contribution >= 0.6 is 7.37 Å². The topological polar surface area (TPSA) is 63.6 Å². The summed E-state index contributed by atoms with van der Waals surface area (Å²) in [7, 11) is -1.49. The lowest BCUT2D eigenvalue weighted by Gasteiger charge is -2.31. The molecule has 0 amide bonds. The van der Waals surface area contributed by atoms with E-state index in [9.17, 15) is 14.3 Å². The van der Waals surface area contributed by atoms with Crippen LogP contribution in [-0.2, 0) is 14.1 Å². The van der Waals surface area contributed by atoms with Gasteiger partial charge in [0.2, 0.25) is 0 Å². The monoisotopic (exact) mass is 332 g/mol. The van der Waals surface area contributed by atoms with Gasteiger partial charge >= 0.3 is 0 Å². The highest BCUT2D eigenvalue weighted by atomic mass is 31.2. The van der Waals surface area contributed by atoms with Crippen molar-refractivity contribution < 1.29 is 19.0 Å². The largest absolute Gasteiger partial charge is 0.381 e. The smallest absolute Gasteiger partial charge is 0.198 e. The van der Waals surface area contributed by atoms with Crippen LogP contribution in [-0.4, -0.2) is 36.7 Å². The maximum atomic E-state index is 12.5. The molecule has 1 rings (SSSR count). The molecule has 0 saturated heterocycles. The van der Waals surface area contributed by atoms with Crippen molar-refractivity contribution in [3.63, 3.8) is 0 Å². The fourth-order valence-electron chi connectivity index (χ4n) is 3.64. The van der Waals surface area contributed by atoms with Gasteiger partial charge in [0.25, 0.3) is 0 Å². The summed E-state index contributed by atoms with van der Waals surface area (Å²) in [4.78, 5) is 22.0. The van der Waals surface area contributed by atoms with Crippen molar-refractivity contribution in [3.05, 3.63) is 0 Å². The number of ether oxygens (including phenoxy) is 1. The number of hydrogen-bond donors (Lipinski definition) is 1. The molecule has 5 heteroatoms. The lowest BCUT2D eigenvalue weighted by atomic mass is 9.75. The third-order valence-corrected chi connectivity index (χ3v) is 6.39. The van der Waals surface area contributed by atoms with Crippen molar-refractivity contribution in [2.75, 3.05) is 19.9 Å². The van der Waals surface area contributed by atoms with Gasteiger partial charge in [0.05, 0.1) is 6.10 Å². The van der Waals surface area contributed by atoms with E-state index in [2.05, 4.69) is 13.8 Å². The first-order valence-corrected chi connectivity index (χ1v) is 10.8. The van der Waals surface area contributed by atoms with Gasteiger partial charge in [-0.15, -0.1) is 0 Å². The Morgan fingerprint density at radius 3 is 2.18 bits per heavy atom. The molecule has 130 valence electrons. The van der Waals surface area contributed by atoms with E-state index >= 15 is 0 Å². The Morgan fingerprint density at radius 1 is 1.23 bits per heavy atom. The standard InChI is InChI=1S/C17H33O4P/c1-12(2)14-6-8-15(9-7-14)16(18)10-17(21-4)13(3)11-22(5,19)20/h12-15,17H,6-11H2,1-5H3,(H,19,20)/t13-,14?,15?,17?/m1/s1. The molecule has 4 nitrogen and oxygen atoms in total. The van der Waals surface area contributed by atoms with Crippen LogP contribution in [0.5, 0.6) is 0 Å². The Morgan fingerprint density at radius 2 is 1.77 bits per heavy atom. The van der Waals surface area contributed by atoms with Crippen molar-refractivity contribution in [2.45, 2.75) is 59.0 Å². The Labute approximate surface area is 135 Å². The van der Waals surface area contributed by atoms with E-state index in [0.29, 0.717) is 12.3 Å². The van der Waals surface area contributed by atoms with Crippen molar-refractivity contribution >= 4 is 13.2 Å². The van der Waals surface area contributed by atoms with E-state index in [-0.39, 0.29) is 29.9 Å². The number of Topliss-reactive ketones (excluding diaryl/α,β-unsaturated/α-hetero) is 1. The highest BCUT2D eigenvalue weighted by Gasteiger charge is 2.31. The molecule has 0 aromatic heterocycles. The van der Waals surface area contributed by atoms with E-state index in [1.165, 1.54) is 6.66 Å². The zero-order valence-electron chi connectivity index (χ0n) is 14.7. The molecule has 1 fully saturated rings. The number of carbonyl (C=O) groups is 1. The van der Waals surface area contributed by atoms with E-state index in [4.69, 9.17) is 4.74 Å². The second kappa shape index (κ2) is 8.61. The van der Waals surface area contributed by atoms with Crippen LogP contribution in [0, 0.1) is 23.7 Å². The molecule has 0 bridgehead atoms. The Bertz CT molecular complexity index is 393. The van der Waals surface area contributed by atoms with Gasteiger partial charge < -0.3 is 9.63 Å². The van der Waals surface area contributed by atoms with E-state index < -0.39 is 7.37 Å². The van der Waals surface area contributed by atoms with Crippen LogP contribution < -0.4 is 0 Å². The summed E-state index contributed by atoms with van der Waals surface area (Å²) in [5, 5.41) is 0. The third kappa shape index (κ3) is 6.52. The van der Waals surface area contributed by atoms with Gasteiger partial charge in [-0.25, -0.2) is 0 Å². The van der Waals surface area contributed by atoms with Crippen LogP contribution in [0.1, 0.15) is 52.9 Å². The maximum absolute atomic E-state index is 12.5. The first-order chi connectivity index (χ1) is 10.1. The minimum Gasteiger partial charge on any atom is -0.381 e. The second-order valence-corrected chi connectivity index (χ2v) is 9.98. The van der Waals surface area contributed by atoms with Crippen molar-refractivity contribution in [1.82, 2.24) is 0 Å². The maximum Gasteiger partial charge on any atom is 0.198 e. The number of methoxy groups -OCH3 is 1. The van der Waals surface area contributed by atoms with Crippen LogP contribution in [0.3, 0.4) is 0 Å². The lowest BCUT2D eigenvalue weighted by molar-refractivity contribution is -0.127. The molecule has 1 saturated carbocycles. The molecular weight excluding hydrogens is 299 g/mol. The van der Waals surface area contributed by atoms with Gasteiger partial charge in [0, 0.05) is 32.3 Å². The van der Waals surface area contributed by atoms with E-state index in [1.807, 2.05) is 6.92 Å². The van der Waals surface area contributed by atoms with Crippen LogP contribution in [0.2, 0.25) is 0 Å². The number of carbonyl (C=O) groups excluding carboxylic acids is 1. The SMILES string of the molecule is COC(CC(=O)C1CCC(C(C)C)CC1)[C@H](C)CP(C)(=O)O. The van der Waals surface area contributed by atoms with Gasteiger partial charge in [-0.2, -0.15) is 0 Å². The first kappa shape index (κ1) is 19.9. The molecule has 2 unspecified atom stereocenters.